The Morgan fingerprint density at radius 2 is 2.06 bits per heavy atom. The quantitative estimate of drug-likeness (QED) is 0.748. The predicted molar refractivity (Wildman–Crippen MR) is 72.2 cm³/mol. The number of rotatable bonds is 6. The van der Waals surface area contributed by atoms with Gasteiger partial charge in [0.15, 0.2) is 0 Å². The average Bonchev–Trinajstić information content (AvgIpc) is 3.12. The molecular weight excluding hydrogens is 250 g/mol. The van der Waals surface area contributed by atoms with Gasteiger partial charge in [0.2, 0.25) is 0 Å². The summed E-state index contributed by atoms with van der Waals surface area (Å²) < 4.78 is 28.8. The lowest BCUT2D eigenvalue weighted by Gasteiger charge is -2.32. The maximum Gasteiger partial charge on any atom is 0.279 e. The SMILES string of the molecule is CC(CC1CC1)NS(=O)(=O)N1CCCC(CN)C1. The smallest absolute Gasteiger partial charge is 0.279 e. The zero-order chi connectivity index (χ0) is 13.2. The van der Waals surface area contributed by atoms with Gasteiger partial charge in [-0.2, -0.15) is 17.4 Å². The Bertz CT molecular complexity index is 368. The molecule has 6 heteroatoms. The van der Waals surface area contributed by atoms with Crippen LogP contribution in [0.3, 0.4) is 0 Å². The minimum Gasteiger partial charge on any atom is -0.330 e. The highest BCUT2D eigenvalue weighted by atomic mass is 32.2. The molecule has 0 spiro atoms. The van der Waals surface area contributed by atoms with Crippen LogP contribution >= 0.6 is 0 Å². The van der Waals surface area contributed by atoms with Gasteiger partial charge in [-0.25, -0.2) is 0 Å². The molecule has 2 atom stereocenters. The van der Waals surface area contributed by atoms with E-state index >= 15 is 0 Å². The van der Waals surface area contributed by atoms with Crippen LogP contribution in [-0.2, 0) is 10.2 Å². The molecule has 0 aromatic carbocycles. The van der Waals surface area contributed by atoms with Crippen LogP contribution in [-0.4, -0.2) is 38.4 Å². The summed E-state index contributed by atoms with van der Waals surface area (Å²) in [6, 6.07) is 0.0424. The van der Waals surface area contributed by atoms with Gasteiger partial charge in [0.25, 0.3) is 10.2 Å². The van der Waals surface area contributed by atoms with E-state index in [1.165, 1.54) is 12.8 Å². The number of nitrogens with one attached hydrogen (secondary N) is 1. The second kappa shape index (κ2) is 5.86. The molecule has 1 heterocycles. The van der Waals surface area contributed by atoms with Gasteiger partial charge in [-0.05, 0) is 44.6 Å². The Hall–Kier alpha value is -0.170. The highest BCUT2D eigenvalue weighted by molar-refractivity contribution is 7.87. The van der Waals surface area contributed by atoms with E-state index in [-0.39, 0.29) is 6.04 Å². The number of hydrogen-bond acceptors (Lipinski definition) is 3. The van der Waals surface area contributed by atoms with Crippen LogP contribution in [0.1, 0.15) is 39.0 Å². The maximum absolute atomic E-state index is 12.2. The summed E-state index contributed by atoms with van der Waals surface area (Å²) in [4.78, 5) is 0. The van der Waals surface area contributed by atoms with Crippen LogP contribution in [0.2, 0.25) is 0 Å². The normalized spacial score (nSPS) is 28.2. The lowest BCUT2D eigenvalue weighted by atomic mass is 10.0. The molecule has 2 rings (SSSR count). The first-order valence-electron chi connectivity index (χ1n) is 6.98. The van der Waals surface area contributed by atoms with Crippen LogP contribution in [0.5, 0.6) is 0 Å². The van der Waals surface area contributed by atoms with E-state index in [2.05, 4.69) is 4.72 Å². The minimum absolute atomic E-state index is 0.0424. The Kier molecular flexibility index (Phi) is 4.64. The Morgan fingerprint density at radius 3 is 2.67 bits per heavy atom. The Balaban J connectivity index is 1.87. The van der Waals surface area contributed by atoms with Crippen molar-refractivity contribution in [2.75, 3.05) is 19.6 Å². The van der Waals surface area contributed by atoms with Crippen molar-refractivity contribution < 1.29 is 8.42 Å². The first kappa shape index (κ1) is 14.2. The Labute approximate surface area is 110 Å². The average molecular weight is 275 g/mol. The Morgan fingerprint density at radius 1 is 1.33 bits per heavy atom. The van der Waals surface area contributed by atoms with Crippen molar-refractivity contribution in [1.29, 1.82) is 0 Å². The molecule has 106 valence electrons. The highest BCUT2D eigenvalue weighted by Gasteiger charge is 2.31. The molecule has 1 saturated heterocycles. The molecule has 1 saturated carbocycles. The summed E-state index contributed by atoms with van der Waals surface area (Å²) in [5.41, 5.74) is 5.64. The maximum atomic E-state index is 12.2. The van der Waals surface area contributed by atoms with Crippen LogP contribution in [0.15, 0.2) is 0 Å². The molecular formula is C12H25N3O2S. The standard InChI is InChI=1S/C12H25N3O2S/c1-10(7-11-4-5-11)14-18(16,17)15-6-2-3-12(8-13)9-15/h10-12,14H,2-9,13H2,1H3. The second-order valence-corrected chi connectivity index (χ2v) is 7.51. The molecule has 2 aliphatic rings. The molecule has 0 aromatic heterocycles. The molecule has 0 radical (unpaired) electrons. The van der Waals surface area contributed by atoms with E-state index < -0.39 is 10.2 Å². The zero-order valence-corrected chi connectivity index (χ0v) is 12.0. The van der Waals surface area contributed by atoms with Crippen molar-refractivity contribution in [3.63, 3.8) is 0 Å². The van der Waals surface area contributed by atoms with Crippen molar-refractivity contribution in [3.05, 3.63) is 0 Å². The molecule has 0 amide bonds. The lowest BCUT2D eigenvalue weighted by Crippen LogP contribution is -2.49. The fraction of sp³-hybridized carbons (Fsp3) is 1.00. The fourth-order valence-electron chi connectivity index (χ4n) is 2.67. The predicted octanol–water partition coefficient (Wildman–Crippen LogP) is 0.680. The topological polar surface area (TPSA) is 75.4 Å². The van der Waals surface area contributed by atoms with Crippen molar-refractivity contribution in [2.45, 2.75) is 45.1 Å². The van der Waals surface area contributed by atoms with E-state index in [9.17, 15) is 8.42 Å². The van der Waals surface area contributed by atoms with E-state index in [0.29, 0.717) is 25.6 Å². The van der Waals surface area contributed by atoms with Gasteiger partial charge in [-0.3, -0.25) is 0 Å². The number of piperidine rings is 1. The third-order valence-corrected chi connectivity index (χ3v) is 5.60. The summed E-state index contributed by atoms with van der Waals surface area (Å²) in [5, 5.41) is 0. The number of nitrogens with two attached hydrogens (primary N) is 1. The second-order valence-electron chi connectivity index (χ2n) is 5.80. The lowest BCUT2D eigenvalue weighted by molar-refractivity contribution is 0.267. The summed E-state index contributed by atoms with van der Waals surface area (Å²) in [5.74, 6) is 1.05. The van der Waals surface area contributed by atoms with Crippen LogP contribution in [0, 0.1) is 11.8 Å². The van der Waals surface area contributed by atoms with Gasteiger partial charge >= 0.3 is 0 Å². The molecule has 1 aliphatic carbocycles. The number of hydrogen-bond donors (Lipinski definition) is 2. The van der Waals surface area contributed by atoms with Gasteiger partial charge in [-0.1, -0.05) is 12.8 Å². The van der Waals surface area contributed by atoms with Gasteiger partial charge in [0.05, 0.1) is 0 Å². The third-order valence-electron chi connectivity index (χ3n) is 3.89. The highest BCUT2D eigenvalue weighted by Crippen LogP contribution is 2.33. The summed E-state index contributed by atoms with van der Waals surface area (Å²) in [6.07, 6.45) is 5.43. The molecule has 18 heavy (non-hydrogen) atoms. The van der Waals surface area contributed by atoms with Crippen molar-refractivity contribution in [3.8, 4) is 0 Å². The minimum atomic E-state index is -3.32. The van der Waals surface area contributed by atoms with Gasteiger partial charge in [-0.15, -0.1) is 0 Å². The van der Waals surface area contributed by atoms with Gasteiger partial charge < -0.3 is 5.73 Å². The van der Waals surface area contributed by atoms with Crippen molar-refractivity contribution in [1.82, 2.24) is 9.03 Å². The number of nitrogens with zero attached hydrogens (tertiary/aromatic N) is 1. The van der Waals surface area contributed by atoms with Crippen molar-refractivity contribution >= 4 is 10.2 Å². The summed E-state index contributed by atoms with van der Waals surface area (Å²) in [7, 11) is -3.32. The van der Waals surface area contributed by atoms with Crippen LogP contribution in [0.25, 0.3) is 0 Å². The summed E-state index contributed by atoms with van der Waals surface area (Å²) in [6.45, 7) is 3.73. The molecule has 1 aliphatic heterocycles. The van der Waals surface area contributed by atoms with E-state index in [1.54, 1.807) is 4.31 Å². The zero-order valence-electron chi connectivity index (χ0n) is 11.1. The first-order valence-corrected chi connectivity index (χ1v) is 8.42. The molecule has 3 N–H and O–H groups in total. The summed E-state index contributed by atoms with van der Waals surface area (Å²) >= 11 is 0. The van der Waals surface area contributed by atoms with E-state index in [0.717, 1.165) is 25.2 Å². The van der Waals surface area contributed by atoms with Crippen LogP contribution in [0.4, 0.5) is 0 Å². The molecule has 2 unspecified atom stereocenters. The molecule has 2 fully saturated rings. The molecule has 0 bridgehead atoms. The van der Waals surface area contributed by atoms with E-state index in [1.807, 2.05) is 6.92 Å². The largest absolute Gasteiger partial charge is 0.330 e. The molecule has 5 nitrogen and oxygen atoms in total. The van der Waals surface area contributed by atoms with Gasteiger partial charge in [0.1, 0.15) is 0 Å². The van der Waals surface area contributed by atoms with Crippen LogP contribution < -0.4 is 10.5 Å². The third kappa shape index (κ3) is 3.91. The molecule has 0 aromatic rings. The van der Waals surface area contributed by atoms with Crippen molar-refractivity contribution in [2.24, 2.45) is 17.6 Å². The van der Waals surface area contributed by atoms with Gasteiger partial charge in [0, 0.05) is 19.1 Å². The monoisotopic (exact) mass is 275 g/mol. The van der Waals surface area contributed by atoms with E-state index in [4.69, 9.17) is 5.73 Å². The fourth-order valence-corrected chi connectivity index (χ4v) is 4.20. The first-order chi connectivity index (χ1) is 8.51.